The van der Waals surface area contributed by atoms with Gasteiger partial charge in [-0.15, -0.1) is 0 Å². The van der Waals surface area contributed by atoms with Crippen molar-refractivity contribution in [2.75, 3.05) is 17.1 Å². The Bertz CT molecular complexity index is 995. The number of nitrogens with one attached hydrogen (secondary N) is 1. The van der Waals surface area contributed by atoms with E-state index in [4.69, 9.17) is 27.9 Å². The first-order chi connectivity index (χ1) is 12.6. The maximum absolute atomic E-state index is 12.6. The first-order valence-electron chi connectivity index (χ1n) is 8.12. The van der Waals surface area contributed by atoms with Gasteiger partial charge in [-0.3, -0.25) is 9.10 Å². The van der Waals surface area contributed by atoms with E-state index in [2.05, 4.69) is 5.32 Å². The van der Waals surface area contributed by atoms with Crippen LogP contribution in [0.25, 0.3) is 0 Å². The fraction of sp³-hybridized carbons (Fsp3) is 0.278. The number of ether oxygens (including phenoxy) is 1. The summed E-state index contributed by atoms with van der Waals surface area (Å²) in [6.45, 7) is 1.93. The van der Waals surface area contributed by atoms with E-state index in [0.717, 1.165) is 11.8 Å². The summed E-state index contributed by atoms with van der Waals surface area (Å²) in [5.74, 6) is -0.0807. The van der Waals surface area contributed by atoms with Crippen molar-refractivity contribution in [1.29, 1.82) is 0 Å². The Balaban J connectivity index is 1.78. The Kier molecular flexibility index (Phi) is 5.55. The fourth-order valence-corrected chi connectivity index (χ4v) is 4.15. The number of nitrogens with zero attached hydrogens (tertiary/aromatic N) is 1. The van der Waals surface area contributed by atoms with Gasteiger partial charge in [0.25, 0.3) is 5.91 Å². The number of hydrogen-bond donors (Lipinski definition) is 1. The number of fused-ring (bicyclic) bond motifs is 1. The van der Waals surface area contributed by atoms with Gasteiger partial charge in [-0.05, 0) is 42.3 Å². The lowest BCUT2D eigenvalue weighted by Gasteiger charge is -2.34. The summed E-state index contributed by atoms with van der Waals surface area (Å²) >= 11 is 12.0. The number of hydrogen-bond acceptors (Lipinski definition) is 4. The maximum Gasteiger partial charge on any atom is 0.263 e. The molecule has 1 aliphatic heterocycles. The molecule has 2 aromatic rings. The van der Waals surface area contributed by atoms with E-state index in [0.29, 0.717) is 27.0 Å². The maximum atomic E-state index is 12.6. The largest absolute Gasteiger partial charge is 0.476 e. The quantitative estimate of drug-likeness (QED) is 0.811. The normalized spacial score (nSPS) is 16.4. The number of anilines is 1. The van der Waals surface area contributed by atoms with Gasteiger partial charge in [-0.1, -0.05) is 35.3 Å². The van der Waals surface area contributed by atoms with Crippen LogP contribution in [0.1, 0.15) is 11.1 Å². The zero-order chi connectivity index (χ0) is 19.8. The summed E-state index contributed by atoms with van der Waals surface area (Å²) in [5, 5.41) is 3.67. The first-order valence-corrected chi connectivity index (χ1v) is 10.7. The zero-order valence-corrected chi connectivity index (χ0v) is 17.0. The first kappa shape index (κ1) is 19.8. The SMILES string of the molecule is Cc1ccc2c(c1)N(S(C)(=O)=O)C[C@H](C(=O)NCc1ccc(Cl)cc1Cl)O2. The van der Waals surface area contributed by atoms with Crippen molar-refractivity contribution < 1.29 is 17.9 Å². The minimum atomic E-state index is -3.56. The van der Waals surface area contributed by atoms with Crippen molar-refractivity contribution in [1.82, 2.24) is 5.32 Å². The van der Waals surface area contributed by atoms with Gasteiger partial charge in [0, 0.05) is 16.6 Å². The van der Waals surface area contributed by atoms with Crippen LogP contribution in [0.5, 0.6) is 5.75 Å². The van der Waals surface area contributed by atoms with E-state index in [-0.39, 0.29) is 13.1 Å². The van der Waals surface area contributed by atoms with Gasteiger partial charge < -0.3 is 10.1 Å². The molecule has 0 aromatic heterocycles. The number of benzene rings is 2. The molecule has 0 bridgehead atoms. The van der Waals surface area contributed by atoms with Gasteiger partial charge >= 0.3 is 0 Å². The van der Waals surface area contributed by atoms with Gasteiger partial charge in [0.1, 0.15) is 5.75 Å². The second kappa shape index (κ2) is 7.58. The van der Waals surface area contributed by atoms with Crippen molar-refractivity contribution >= 4 is 44.8 Å². The molecule has 0 fully saturated rings. The van der Waals surface area contributed by atoms with Crippen molar-refractivity contribution in [3.8, 4) is 5.75 Å². The van der Waals surface area contributed by atoms with Crippen LogP contribution in [0, 0.1) is 6.92 Å². The Morgan fingerprint density at radius 1 is 1.26 bits per heavy atom. The van der Waals surface area contributed by atoms with Gasteiger partial charge in [0.2, 0.25) is 10.0 Å². The van der Waals surface area contributed by atoms with E-state index < -0.39 is 22.0 Å². The van der Waals surface area contributed by atoms with Gasteiger partial charge in [-0.2, -0.15) is 0 Å². The van der Waals surface area contributed by atoms with Crippen LogP contribution >= 0.6 is 23.2 Å². The summed E-state index contributed by atoms with van der Waals surface area (Å²) in [5.41, 5.74) is 2.02. The third-order valence-electron chi connectivity index (χ3n) is 4.14. The van der Waals surface area contributed by atoms with E-state index in [1.165, 1.54) is 4.31 Å². The van der Waals surface area contributed by atoms with Crippen LogP contribution in [0.2, 0.25) is 10.0 Å². The summed E-state index contributed by atoms with van der Waals surface area (Å²) in [7, 11) is -3.56. The molecule has 0 saturated carbocycles. The molecule has 1 aliphatic rings. The fourth-order valence-electron chi connectivity index (χ4n) is 2.77. The van der Waals surface area contributed by atoms with E-state index in [9.17, 15) is 13.2 Å². The van der Waals surface area contributed by atoms with Crippen LogP contribution in [0.3, 0.4) is 0 Å². The molecule has 6 nitrogen and oxygen atoms in total. The van der Waals surface area contributed by atoms with Crippen LogP contribution in [0.15, 0.2) is 36.4 Å². The molecule has 1 amide bonds. The molecule has 0 saturated heterocycles. The Labute approximate surface area is 168 Å². The topological polar surface area (TPSA) is 75.7 Å². The minimum absolute atomic E-state index is 0.102. The Morgan fingerprint density at radius 2 is 2.00 bits per heavy atom. The number of halogens is 2. The molecular weight excluding hydrogens is 411 g/mol. The Hall–Kier alpha value is -1.96. The summed E-state index contributed by atoms with van der Waals surface area (Å²) in [6, 6.07) is 10.2. The summed E-state index contributed by atoms with van der Waals surface area (Å²) in [6.07, 6.45) is 0.133. The lowest BCUT2D eigenvalue weighted by atomic mass is 10.1. The highest BCUT2D eigenvalue weighted by molar-refractivity contribution is 7.92. The smallest absolute Gasteiger partial charge is 0.263 e. The molecule has 1 heterocycles. The lowest BCUT2D eigenvalue weighted by molar-refractivity contribution is -0.127. The Morgan fingerprint density at radius 3 is 2.67 bits per heavy atom. The molecule has 27 heavy (non-hydrogen) atoms. The molecule has 0 radical (unpaired) electrons. The average Bonchev–Trinajstić information content (AvgIpc) is 2.59. The molecule has 9 heteroatoms. The second-order valence-corrected chi connectivity index (χ2v) is 9.08. The number of carbonyl (C=O) groups excluding carboxylic acids is 1. The van der Waals surface area contributed by atoms with Crippen LogP contribution in [0.4, 0.5) is 5.69 Å². The molecule has 1 N–H and O–H groups in total. The molecular formula is C18H18Cl2N2O4S. The van der Waals surface area contributed by atoms with Crippen LogP contribution in [-0.2, 0) is 21.4 Å². The van der Waals surface area contributed by atoms with Crippen molar-refractivity contribution in [2.24, 2.45) is 0 Å². The third kappa shape index (κ3) is 4.48. The van der Waals surface area contributed by atoms with Crippen molar-refractivity contribution in [3.63, 3.8) is 0 Å². The molecule has 3 rings (SSSR count). The number of carbonyl (C=O) groups is 1. The molecule has 144 valence electrons. The van der Waals surface area contributed by atoms with Crippen LogP contribution in [-0.4, -0.2) is 33.2 Å². The highest BCUT2D eigenvalue weighted by Gasteiger charge is 2.35. The van der Waals surface area contributed by atoms with Gasteiger partial charge in [0.05, 0.1) is 18.5 Å². The number of aryl methyl sites for hydroxylation is 1. The standard InChI is InChI=1S/C18H18Cl2N2O4S/c1-11-3-6-16-15(7-11)22(27(2,24)25)10-17(26-16)18(23)21-9-12-4-5-13(19)8-14(12)20/h3-8,17H,9-10H2,1-2H3,(H,21,23)/t17-/m1/s1. The number of rotatable bonds is 4. The number of amides is 1. The minimum Gasteiger partial charge on any atom is -0.476 e. The second-order valence-electron chi connectivity index (χ2n) is 6.33. The predicted octanol–water partition coefficient (Wildman–Crippen LogP) is 3.15. The van der Waals surface area contributed by atoms with Crippen molar-refractivity contribution in [3.05, 3.63) is 57.6 Å². The van der Waals surface area contributed by atoms with E-state index in [1.807, 2.05) is 6.92 Å². The summed E-state index contributed by atoms with van der Waals surface area (Å²) in [4.78, 5) is 12.6. The molecule has 2 aromatic carbocycles. The molecule has 0 aliphatic carbocycles. The highest BCUT2D eigenvalue weighted by atomic mass is 35.5. The van der Waals surface area contributed by atoms with E-state index >= 15 is 0 Å². The number of sulfonamides is 1. The van der Waals surface area contributed by atoms with Crippen LogP contribution < -0.4 is 14.4 Å². The molecule has 0 spiro atoms. The van der Waals surface area contributed by atoms with Gasteiger partial charge in [0.15, 0.2) is 6.10 Å². The summed E-state index contributed by atoms with van der Waals surface area (Å²) < 4.78 is 31.3. The van der Waals surface area contributed by atoms with E-state index in [1.54, 1.807) is 36.4 Å². The lowest BCUT2D eigenvalue weighted by Crippen LogP contribution is -2.50. The molecule has 0 unspecified atom stereocenters. The van der Waals surface area contributed by atoms with Crippen molar-refractivity contribution in [2.45, 2.75) is 19.6 Å². The molecule has 1 atom stereocenters. The zero-order valence-electron chi connectivity index (χ0n) is 14.7. The predicted molar refractivity (Wildman–Crippen MR) is 106 cm³/mol. The third-order valence-corrected chi connectivity index (χ3v) is 5.88. The monoisotopic (exact) mass is 428 g/mol. The average molecular weight is 429 g/mol. The highest BCUT2D eigenvalue weighted by Crippen LogP contribution is 2.35. The van der Waals surface area contributed by atoms with Gasteiger partial charge in [-0.25, -0.2) is 8.42 Å².